The van der Waals surface area contributed by atoms with Crippen molar-refractivity contribution in [2.24, 2.45) is 17.8 Å². The molecule has 1 aliphatic heterocycles. The van der Waals surface area contributed by atoms with E-state index >= 15 is 0 Å². The summed E-state index contributed by atoms with van der Waals surface area (Å²) in [7, 11) is 1.42. The van der Waals surface area contributed by atoms with Crippen LogP contribution in [0.2, 0.25) is 0 Å². The molecule has 0 radical (unpaired) electrons. The van der Waals surface area contributed by atoms with Gasteiger partial charge in [0.05, 0.1) is 19.3 Å². The number of methoxy groups -OCH3 is 1. The van der Waals surface area contributed by atoms with E-state index in [9.17, 15) is 19.2 Å². The summed E-state index contributed by atoms with van der Waals surface area (Å²) in [4.78, 5) is 51.6. The van der Waals surface area contributed by atoms with Crippen molar-refractivity contribution in [3.05, 3.63) is 17.5 Å². The van der Waals surface area contributed by atoms with Crippen LogP contribution in [0.5, 0.6) is 0 Å². The second-order valence-electron chi connectivity index (χ2n) is 9.90. The molecule has 34 heavy (non-hydrogen) atoms. The molecule has 2 rings (SSSR count). The molecule has 0 aromatic carbocycles. The zero-order valence-electron chi connectivity index (χ0n) is 21.1. The summed E-state index contributed by atoms with van der Waals surface area (Å²) in [5, 5.41) is 9.12. The molecule has 0 bridgehead atoms. The number of nitrogens with one attached hydrogen (secondary N) is 2. The Morgan fingerprint density at radius 3 is 2.26 bits per heavy atom. The van der Waals surface area contributed by atoms with Crippen molar-refractivity contribution in [3.63, 3.8) is 0 Å². The summed E-state index contributed by atoms with van der Waals surface area (Å²) >= 11 is 0. The van der Waals surface area contributed by atoms with Crippen LogP contribution in [0.15, 0.2) is 10.6 Å². The second kappa shape index (κ2) is 11.7. The van der Waals surface area contributed by atoms with Crippen LogP contribution in [-0.4, -0.2) is 66.5 Å². The van der Waals surface area contributed by atoms with Crippen molar-refractivity contribution in [2.75, 3.05) is 20.3 Å². The molecule has 0 spiro atoms. The highest BCUT2D eigenvalue weighted by Gasteiger charge is 2.50. The smallest absolute Gasteiger partial charge is 0.274 e. The van der Waals surface area contributed by atoms with Crippen LogP contribution in [0.4, 0.5) is 0 Å². The minimum Gasteiger partial charge on any atom is -0.382 e. The minimum atomic E-state index is -0.963. The lowest BCUT2D eigenvalue weighted by molar-refractivity contribution is -0.135. The summed E-state index contributed by atoms with van der Waals surface area (Å²) in [5.74, 6) is -1.68. The largest absolute Gasteiger partial charge is 0.382 e. The number of aryl methyl sites for hydroxylation is 1. The van der Waals surface area contributed by atoms with Gasteiger partial charge in [-0.05, 0) is 32.1 Å². The van der Waals surface area contributed by atoms with Crippen LogP contribution in [0.1, 0.15) is 63.7 Å². The Balaban J connectivity index is 2.10. The van der Waals surface area contributed by atoms with Gasteiger partial charge in [0.25, 0.3) is 5.91 Å². The molecule has 2 amide bonds. The number of carbonyl (C=O) groups is 4. The fourth-order valence-corrected chi connectivity index (χ4v) is 3.68. The maximum Gasteiger partial charge on any atom is 0.274 e. The molecule has 1 aromatic heterocycles. The third-order valence-corrected chi connectivity index (χ3v) is 5.89. The van der Waals surface area contributed by atoms with Crippen LogP contribution < -0.4 is 10.6 Å². The lowest BCUT2D eigenvalue weighted by atomic mass is 9.86. The molecule has 1 saturated heterocycles. The van der Waals surface area contributed by atoms with E-state index in [1.54, 1.807) is 13.8 Å². The summed E-state index contributed by atoms with van der Waals surface area (Å²) in [6.07, 6.45) is 0.355. The number of nitrogens with zero attached hydrogens (tertiary/aromatic N) is 1. The zero-order chi connectivity index (χ0) is 25.6. The first-order chi connectivity index (χ1) is 15.9. The molecule has 4 atom stereocenters. The number of hydrogen-bond donors (Lipinski definition) is 2. The van der Waals surface area contributed by atoms with E-state index in [0.29, 0.717) is 18.8 Å². The number of aromatic nitrogens is 1. The van der Waals surface area contributed by atoms with Crippen LogP contribution in [0.25, 0.3) is 0 Å². The fraction of sp³-hybridized carbons (Fsp3) is 0.708. The Morgan fingerprint density at radius 1 is 1.15 bits per heavy atom. The van der Waals surface area contributed by atoms with Gasteiger partial charge in [-0.2, -0.15) is 0 Å². The quantitative estimate of drug-likeness (QED) is 0.385. The Kier molecular flexibility index (Phi) is 9.52. The van der Waals surface area contributed by atoms with Gasteiger partial charge in [0.1, 0.15) is 17.4 Å². The molecule has 1 aromatic rings. The third-order valence-electron chi connectivity index (χ3n) is 5.89. The van der Waals surface area contributed by atoms with Gasteiger partial charge < -0.3 is 24.6 Å². The number of ketones is 2. The van der Waals surface area contributed by atoms with Gasteiger partial charge in [-0.25, -0.2) is 0 Å². The first-order valence-electron chi connectivity index (χ1n) is 11.6. The molecule has 2 heterocycles. The molecule has 1 aliphatic rings. The maximum absolute atomic E-state index is 13.2. The Bertz CT molecular complexity index is 889. The van der Waals surface area contributed by atoms with Crippen molar-refractivity contribution in [3.8, 4) is 0 Å². The summed E-state index contributed by atoms with van der Waals surface area (Å²) < 4.78 is 15.3. The van der Waals surface area contributed by atoms with Gasteiger partial charge in [0, 0.05) is 25.5 Å². The monoisotopic (exact) mass is 479 g/mol. The topological polar surface area (TPSA) is 140 Å². The molecule has 0 unspecified atom stereocenters. The fourth-order valence-electron chi connectivity index (χ4n) is 3.68. The third kappa shape index (κ3) is 7.46. The molecule has 1 fully saturated rings. The number of hydrogen-bond acceptors (Lipinski definition) is 8. The van der Waals surface area contributed by atoms with Crippen LogP contribution in [-0.2, 0) is 23.9 Å². The maximum atomic E-state index is 13.2. The SMILES string of the molecule is COC[C@H](NC(=O)c1cc(C)on1)C(=O)C[C@H](C(=O)N[C@@H](CC(C)C)C(=O)[C@@]1(C)CO1)C(C)C. The number of amides is 2. The number of ether oxygens (including phenoxy) is 2. The number of carbonyl (C=O) groups excluding carboxylic acids is 4. The molecule has 0 saturated carbocycles. The Morgan fingerprint density at radius 2 is 1.79 bits per heavy atom. The van der Waals surface area contributed by atoms with Crippen molar-refractivity contribution < 1.29 is 33.2 Å². The number of rotatable bonds is 14. The predicted octanol–water partition coefficient (Wildman–Crippen LogP) is 1.85. The lowest BCUT2D eigenvalue weighted by Crippen LogP contribution is -2.50. The number of epoxide rings is 1. The normalized spacial score (nSPS) is 20.0. The average Bonchev–Trinajstić information content (AvgIpc) is 3.35. The van der Waals surface area contributed by atoms with Crippen molar-refractivity contribution >= 4 is 23.4 Å². The van der Waals surface area contributed by atoms with Gasteiger partial charge >= 0.3 is 0 Å². The highest BCUT2D eigenvalue weighted by molar-refractivity contribution is 5.99. The van der Waals surface area contributed by atoms with Gasteiger partial charge in [-0.3, -0.25) is 19.2 Å². The van der Waals surface area contributed by atoms with Crippen molar-refractivity contribution in [2.45, 2.75) is 72.1 Å². The first-order valence-corrected chi connectivity index (χ1v) is 11.6. The van der Waals surface area contributed by atoms with Gasteiger partial charge in [0.2, 0.25) is 5.91 Å². The van der Waals surface area contributed by atoms with E-state index < -0.39 is 29.5 Å². The Labute approximate surface area is 200 Å². The Hall–Kier alpha value is -2.59. The van der Waals surface area contributed by atoms with Crippen molar-refractivity contribution in [1.29, 1.82) is 0 Å². The molecular formula is C24H37N3O7. The molecule has 10 heteroatoms. The van der Waals surface area contributed by atoms with Crippen LogP contribution in [0.3, 0.4) is 0 Å². The molecule has 10 nitrogen and oxygen atoms in total. The summed E-state index contributed by atoms with van der Waals surface area (Å²) in [6.45, 7) is 11.3. The van der Waals surface area contributed by atoms with Gasteiger partial charge in [-0.1, -0.05) is 32.9 Å². The summed E-state index contributed by atoms with van der Waals surface area (Å²) in [6, 6.07) is -0.194. The van der Waals surface area contributed by atoms with Crippen LogP contribution >= 0.6 is 0 Å². The predicted molar refractivity (Wildman–Crippen MR) is 123 cm³/mol. The van der Waals surface area contributed by atoms with Gasteiger partial charge in [-0.15, -0.1) is 0 Å². The lowest BCUT2D eigenvalue weighted by Gasteiger charge is -2.27. The molecular weight excluding hydrogens is 442 g/mol. The molecule has 2 N–H and O–H groups in total. The highest BCUT2D eigenvalue weighted by Crippen LogP contribution is 2.30. The molecule has 0 aliphatic carbocycles. The average molecular weight is 480 g/mol. The first kappa shape index (κ1) is 27.7. The second-order valence-corrected chi connectivity index (χ2v) is 9.90. The van der Waals surface area contributed by atoms with E-state index in [0.717, 1.165) is 0 Å². The highest BCUT2D eigenvalue weighted by atomic mass is 16.6. The van der Waals surface area contributed by atoms with E-state index in [2.05, 4.69) is 15.8 Å². The summed E-state index contributed by atoms with van der Waals surface area (Å²) in [5.41, 5.74) is -0.807. The van der Waals surface area contributed by atoms with Gasteiger partial charge in [0.15, 0.2) is 17.3 Å². The zero-order valence-corrected chi connectivity index (χ0v) is 21.1. The standard InChI is InChI=1S/C24H37N3O7/c1-13(2)8-17(21(29)24(6)12-33-24)25-22(30)16(14(3)4)10-20(28)19(11-32-7)26-23(31)18-9-15(5)34-27-18/h9,13-14,16-17,19H,8,10-12H2,1-7H3,(H,25,30)(H,26,31)/t16-,17-,19-,24+/m0/s1. The van der Waals surface area contributed by atoms with E-state index in [1.807, 2.05) is 27.7 Å². The van der Waals surface area contributed by atoms with Crippen molar-refractivity contribution in [1.82, 2.24) is 15.8 Å². The van der Waals surface area contributed by atoms with E-state index in [1.165, 1.54) is 13.2 Å². The minimum absolute atomic E-state index is 0.0513. The van der Waals surface area contributed by atoms with Crippen LogP contribution in [0, 0.1) is 24.7 Å². The number of Topliss-reactive ketones (excluding diaryl/α,β-unsaturated/α-hetero) is 2. The molecule has 190 valence electrons. The van der Waals surface area contributed by atoms with E-state index in [4.69, 9.17) is 14.0 Å². The van der Waals surface area contributed by atoms with E-state index in [-0.39, 0.29) is 48.0 Å².